The van der Waals surface area contributed by atoms with Gasteiger partial charge in [-0.05, 0) is 13.8 Å². The normalized spacial score (nSPS) is 12.1. The molecule has 1 N–H and O–H groups in total. The summed E-state index contributed by atoms with van der Waals surface area (Å²) in [4.78, 5) is 22.1. The van der Waals surface area contributed by atoms with Gasteiger partial charge in [-0.1, -0.05) is 11.6 Å². The predicted octanol–water partition coefficient (Wildman–Crippen LogP) is 1.33. The molecule has 10 heteroatoms. The van der Waals surface area contributed by atoms with E-state index in [0.29, 0.717) is 23.8 Å². The molecule has 0 aromatic carbocycles. The highest BCUT2D eigenvalue weighted by Crippen LogP contribution is 2.17. The van der Waals surface area contributed by atoms with Crippen LogP contribution in [0.2, 0.25) is 5.02 Å². The zero-order valence-corrected chi connectivity index (χ0v) is 12.8. The van der Waals surface area contributed by atoms with Crippen LogP contribution in [0.1, 0.15) is 18.7 Å². The summed E-state index contributed by atoms with van der Waals surface area (Å²) in [7, 11) is 0. The fourth-order valence-electron chi connectivity index (χ4n) is 1.91. The number of halogens is 1. The Morgan fingerprint density at radius 1 is 1.50 bits per heavy atom. The van der Waals surface area contributed by atoms with Gasteiger partial charge in [-0.3, -0.25) is 24.3 Å². The maximum absolute atomic E-state index is 12.1. The topological polar surface area (TPSA) is 108 Å². The number of hydrogen-bond acceptors (Lipinski definition) is 5. The van der Waals surface area contributed by atoms with Crippen LogP contribution in [0.3, 0.4) is 0 Å². The second-order valence-electron chi connectivity index (χ2n) is 4.71. The number of carbonyl (C=O) groups excluding carboxylic acids is 1. The number of rotatable bonds is 6. The Morgan fingerprint density at radius 3 is 2.77 bits per heavy atom. The van der Waals surface area contributed by atoms with Crippen LogP contribution in [0.15, 0.2) is 18.6 Å². The van der Waals surface area contributed by atoms with Gasteiger partial charge in [0.1, 0.15) is 18.4 Å². The third-order valence-corrected chi connectivity index (χ3v) is 3.57. The Hall–Kier alpha value is -2.42. The lowest BCUT2D eigenvalue weighted by Crippen LogP contribution is -2.34. The molecule has 22 heavy (non-hydrogen) atoms. The minimum absolute atomic E-state index is 0.0819. The fraction of sp³-hybridized carbons (Fsp3) is 0.417. The highest BCUT2D eigenvalue weighted by Gasteiger charge is 2.18. The maximum atomic E-state index is 12.1. The van der Waals surface area contributed by atoms with Crippen molar-refractivity contribution in [2.45, 2.75) is 26.4 Å². The standard InChI is InChI=1S/C12H15ClN6O3/c1-8-11(13)6-16-18(8)9(2)12(20)14-3-4-17-7-10(5-15-17)19(21)22/h5-7,9H,3-4H2,1-2H3,(H,14,20)/t9-/m0/s1. The molecule has 1 atom stereocenters. The second-order valence-corrected chi connectivity index (χ2v) is 5.12. The lowest BCUT2D eigenvalue weighted by Gasteiger charge is -2.14. The van der Waals surface area contributed by atoms with E-state index in [1.54, 1.807) is 13.8 Å². The van der Waals surface area contributed by atoms with Gasteiger partial charge in [0.2, 0.25) is 5.91 Å². The van der Waals surface area contributed by atoms with Crippen LogP contribution in [0.25, 0.3) is 0 Å². The van der Waals surface area contributed by atoms with Crippen molar-refractivity contribution in [1.29, 1.82) is 0 Å². The van der Waals surface area contributed by atoms with Crippen molar-refractivity contribution >= 4 is 23.2 Å². The number of nitrogens with one attached hydrogen (secondary N) is 1. The van der Waals surface area contributed by atoms with E-state index in [1.807, 2.05) is 0 Å². The Labute approximate surface area is 131 Å². The molecule has 0 aliphatic heterocycles. The van der Waals surface area contributed by atoms with Gasteiger partial charge in [0.25, 0.3) is 0 Å². The highest BCUT2D eigenvalue weighted by atomic mass is 35.5. The molecular weight excluding hydrogens is 312 g/mol. The molecule has 2 rings (SSSR count). The SMILES string of the molecule is Cc1c(Cl)cnn1[C@@H](C)C(=O)NCCn1cc([N+](=O)[O-])cn1. The van der Waals surface area contributed by atoms with Crippen LogP contribution in [0, 0.1) is 17.0 Å². The van der Waals surface area contributed by atoms with Crippen LogP contribution >= 0.6 is 11.6 Å². The van der Waals surface area contributed by atoms with Crippen LogP contribution in [-0.2, 0) is 11.3 Å². The quantitative estimate of drug-likeness (QED) is 0.636. The maximum Gasteiger partial charge on any atom is 0.306 e. The summed E-state index contributed by atoms with van der Waals surface area (Å²) in [5, 5.41) is 21.7. The van der Waals surface area contributed by atoms with E-state index in [1.165, 1.54) is 28.0 Å². The van der Waals surface area contributed by atoms with E-state index < -0.39 is 11.0 Å². The number of amides is 1. The van der Waals surface area contributed by atoms with Gasteiger partial charge < -0.3 is 5.32 Å². The molecule has 0 radical (unpaired) electrons. The third kappa shape index (κ3) is 3.42. The Kier molecular flexibility index (Phi) is 4.76. The van der Waals surface area contributed by atoms with Gasteiger partial charge in [0, 0.05) is 6.54 Å². The summed E-state index contributed by atoms with van der Waals surface area (Å²) in [6.07, 6.45) is 3.97. The fourth-order valence-corrected chi connectivity index (χ4v) is 2.04. The van der Waals surface area contributed by atoms with Crippen molar-refractivity contribution in [2.24, 2.45) is 0 Å². The number of carbonyl (C=O) groups is 1. The van der Waals surface area contributed by atoms with E-state index in [4.69, 9.17) is 11.6 Å². The molecule has 2 heterocycles. The first kappa shape index (κ1) is 16.0. The molecule has 118 valence electrons. The number of hydrogen-bond donors (Lipinski definition) is 1. The van der Waals surface area contributed by atoms with Crippen LogP contribution in [0.4, 0.5) is 5.69 Å². The first-order chi connectivity index (χ1) is 10.4. The molecule has 2 aromatic heterocycles. The Morgan fingerprint density at radius 2 is 2.23 bits per heavy atom. The van der Waals surface area contributed by atoms with Gasteiger partial charge in [-0.25, -0.2) is 0 Å². The van der Waals surface area contributed by atoms with Crippen LogP contribution < -0.4 is 5.32 Å². The monoisotopic (exact) mass is 326 g/mol. The summed E-state index contributed by atoms with van der Waals surface area (Å²) in [5.41, 5.74) is 0.633. The first-order valence-electron chi connectivity index (χ1n) is 6.54. The van der Waals surface area contributed by atoms with E-state index >= 15 is 0 Å². The van der Waals surface area contributed by atoms with Gasteiger partial charge >= 0.3 is 5.69 Å². The molecule has 0 saturated carbocycles. The summed E-state index contributed by atoms with van der Waals surface area (Å²) in [6.45, 7) is 4.13. The van der Waals surface area contributed by atoms with Crippen LogP contribution in [0.5, 0.6) is 0 Å². The van der Waals surface area contributed by atoms with Crippen LogP contribution in [-0.4, -0.2) is 36.9 Å². The molecule has 0 aliphatic carbocycles. The largest absolute Gasteiger partial charge is 0.352 e. The van der Waals surface area contributed by atoms with Gasteiger partial charge in [-0.2, -0.15) is 10.2 Å². The average molecular weight is 327 g/mol. The molecule has 0 saturated heterocycles. The molecule has 0 spiro atoms. The third-order valence-electron chi connectivity index (χ3n) is 3.20. The predicted molar refractivity (Wildman–Crippen MR) is 78.6 cm³/mol. The van der Waals surface area contributed by atoms with Crippen molar-refractivity contribution in [3.8, 4) is 0 Å². The molecule has 1 amide bonds. The summed E-state index contributed by atoms with van der Waals surface area (Å²) >= 11 is 5.91. The highest BCUT2D eigenvalue weighted by molar-refractivity contribution is 6.31. The zero-order chi connectivity index (χ0) is 16.3. The lowest BCUT2D eigenvalue weighted by atomic mass is 10.3. The van der Waals surface area contributed by atoms with E-state index in [9.17, 15) is 14.9 Å². The van der Waals surface area contributed by atoms with Crippen molar-refractivity contribution in [3.05, 3.63) is 39.4 Å². The average Bonchev–Trinajstić information content (AvgIpc) is 3.07. The smallest absolute Gasteiger partial charge is 0.306 e. The molecule has 0 fully saturated rings. The van der Waals surface area contributed by atoms with E-state index in [2.05, 4.69) is 15.5 Å². The summed E-state index contributed by atoms with van der Waals surface area (Å²) in [6, 6.07) is -0.501. The Balaban J connectivity index is 1.87. The van der Waals surface area contributed by atoms with Gasteiger partial charge in [0.15, 0.2) is 0 Å². The zero-order valence-electron chi connectivity index (χ0n) is 12.1. The van der Waals surface area contributed by atoms with E-state index in [-0.39, 0.29) is 11.6 Å². The molecule has 0 aliphatic rings. The molecule has 0 unspecified atom stereocenters. The lowest BCUT2D eigenvalue weighted by molar-refractivity contribution is -0.385. The number of aromatic nitrogens is 4. The minimum Gasteiger partial charge on any atom is -0.352 e. The van der Waals surface area contributed by atoms with E-state index in [0.717, 1.165) is 0 Å². The minimum atomic E-state index is -0.519. The molecule has 9 nitrogen and oxygen atoms in total. The summed E-state index contributed by atoms with van der Waals surface area (Å²) < 4.78 is 2.94. The van der Waals surface area contributed by atoms with Crippen molar-refractivity contribution in [2.75, 3.05) is 6.54 Å². The van der Waals surface area contributed by atoms with Crippen molar-refractivity contribution in [1.82, 2.24) is 24.9 Å². The number of nitrogens with zero attached hydrogens (tertiary/aromatic N) is 5. The molecular formula is C12H15ClN6O3. The molecule has 2 aromatic rings. The molecule has 0 bridgehead atoms. The van der Waals surface area contributed by atoms with Gasteiger partial charge in [0.05, 0.1) is 28.4 Å². The van der Waals surface area contributed by atoms with Gasteiger partial charge in [-0.15, -0.1) is 0 Å². The first-order valence-corrected chi connectivity index (χ1v) is 6.92. The number of nitro groups is 1. The summed E-state index contributed by atoms with van der Waals surface area (Å²) in [5.74, 6) is -0.218. The van der Waals surface area contributed by atoms with Crippen molar-refractivity contribution in [3.63, 3.8) is 0 Å². The Bertz CT molecular complexity index is 695. The second kappa shape index (κ2) is 6.56. The van der Waals surface area contributed by atoms with Crippen molar-refractivity contribution < 1.29 is 9.72 Å².